The number of methoxy groups -OCH3 is 1. The summed E-state index contributed by atoms with van der Waals surface area (Å²) in [4.78, 5) is 11.5. The fourth-order valence-electron chi connectivity index (χ4n) is 1.25. The summed E-state index contributed by atoms with van der Waals surface area (Å²) in [6.45, 7) is 1.07. The number of ketones is 1. The predicted octanol–water partition coefficient (Wildman–Crippen LogP) is 2.11. The van der Waals surface area contributed by atoms with Gasteiger partial charge in [0, 0.05) is 18.6 Å². The number of ether oxygens (including phenoxy) is 2. The minimum Gasteiger partial charge on any atom is -0.382 e. The van der Waals surface area contributed by atoms with Crippen LogP contribution in [0, 0.1) is 0 Å². The average Bonchev–Trinajstić information content (AvgIpc) is 2.24. The van der Waals surface area contributed by atoms with Crippen molar-refractivity contribution in [1.29, 1.82) is 0 Å². The van der Waals surface area contributed by atoms with Gasteiger partial charge in [0.15, 0.2) is 5.78 Å². The van der Waals surface area contributed by atoms with Crippen molar-refractivity contribution < 1.29 is 14.3 Å². The van der Waals surface area contributed by atoms with Crippen LogP contribution in [0.4, 0.5) is 0 Å². The third-order valence-electron chi connectivity index (χ3n) is 1.99. The minimum absolute atomic E-state index is 0.0402. The zero-order valence-electron chi connectivity index (χ0n) is 9.24. The van der Waals surface area contributed by atoms with Crippen molar-refractivity contribution in [1.82, 2.24) is 0 Å². The van der Waals surface area contributed by atoms with Crippen LogP contribution in [0.5, 0.6) is 0 Å². The van der Waals surface area contributed by atoms with Crippen molar-refractivity contribution >= 4 is 17.4 Å². The monoisotopic (exact) mass is 242 g/mol. The predicted molar refractivity (Wildman–Crippen MR) is 62.9 cm³/mol. The molecular weight excluding hydrogens is 228 g/mol. The summed E-state index contributed by atoms with van der Waals surface area (Å²) >= 11 is 5.81. The maximum atomic E-state index is 11.5. The number of benzene rings is 1. The van der Waals surface area contributed by atoms with Crippen LogP contribution in [-0.4, -0.2) is 32.7 Å². The first kappa shape index (κ1) is 13.2. The van der Waals surface area contributed by atoms with E-state index in [9.17, 15) is 4.79 Å². The Kier molecular flexibility index (Phi) is 6.08. The third-order valence-corrected chi connectivity index (χ3v) is 2.22. The summed E-state index contributed by atoms with van der Waals surface area (Å²) in [7, 11) is 1.59. The van der Waals surface area contributed by atoms with E-state index in [0.717, 1.165) is 5.56 Å². The number of rotatable bonds is 7. The highest BCUT2D eigenvalue weighted by Crippen LogP contribution is 2.11. The van der Waals surface area contributed by atoms with Gasteiger partial charge in [-0.1, -0.05) is 23.7 Å². The first-order valence-electron chi connectivity index (χ1n) is 5.05. The largest absolute Gasteiger partial charge is 0.382 e. The topological polar surface area (TPSA) is 35.5 Å². The Morgan fingerprint density at radius 2 is 2.19 bits per heavy atom. The van der Waals surface area contributed by atoms with Gasteiger partial charge in [0.1, 0.15) is 6.61 Å². The van der Waals surface area contributed by atoms with Crippen molar-refractivity contribution in [3.8, 4) is 0 Å². The molecule has 1 rings (SSSR count). The van der Waals surface area contributed by atoms with E-state index in [-0.39, 0.29) is 12.4 Å². The second kappa shape index (κ2) is 7.39. The molecule has 0 aliphatic carbocycles. The lowest BCUT2D eigenvalue weighted by Gasteiger charge is -2.03. The van der Waals surface area contributed by atoms with E-state index in [0.29, 0.717) is 24.7 Å². The highest BCUT2D eigenvalue weighted by molar-refractivity contribution is 6.30. The van der Waals surface area contributed by atoms with Crippen molar-refractivity contribution in [3.63, 3.8) is 0 Å². The van der Waals surface area contributed by atoms with E-state index in [1.54, 1.807) is 19.2 Å². The molecule has 0 fully saturated rings. The van der Waals surface area contributed by atoms with Crippen LogP contribution < -0.4 is 0 Å². The standard InChI is InChI=1S/C12H15ClO3/c1-15-5-6-16-9-12(14)8-10-3-2-4-11(13)7-10/h2-4,7H,5-6,8-9H2,1H3. The maximum Gasteiger partial charge on any atom is 0.162 e. The van der Waals surface area contributed by atoms with Crippen molar-refractivity contribution in [2.24, 2.45) is 0 Å². The first-order chi connectivity index (χ1) is 7.72. The molecule has 4 heteroatoms. The number of Topliss-reactive ketones (excluding diaryl/α,β-unsaturated/α-hetero) is 1. The van der Waals surface area contributed by atoms with Gasteiger partial charge in [-0.3, -0.25) is 4.79 Å². The fraction of sp³-hybridized carbons (Fsp3) is 0.417. The van der Waals surface area contributed by atoms with Gasteiger partial charge in [0.05, 0.1) is 13.2 Å². The Bertz CT molecular complexity index is 339. The molecule has 88 valence electrons. The molecule has 0 aliphatic heterocycles. The molecule has 0 aliphatic rings. The van der Waals surface area contributed by atoms with Crippen LogP contribution in [-0.2, 0) is 20.7 Å². The van der Waals surface area contributed by atoms with Gasteiger partial charge in [-0.2, -0.15) is 0 Å². The van der Waals surface area contributed by atoms with Gasteiger partial charge in [-0.15, -0.1) is 0 Å². The molecule has 3 nitrogen and oxygen atoms in total. The molecule has 0 aromatic heterocycles. The second-order valence-electron chi connectivity index (χ2n) is 3.39. The van der Waals surface area contributed by atoms with Gasteiger partial charge in [-0.05, 0) is 17.7 Å². The molecule has 0 amide bonds. The maximum absolute atomic E-state index is 11.5. The third kappa shape index (κ3) is 5.26. The first-order valence-corrected chi connectivity index (χ1v) is 5.43. The molecule has 0 saturated carbocycles. The number of carbonyl (C=O) groups is 1. The average molecular weight is 243 g/mol. The molecule has 0 unspecified atom stereocenters. The number of hydrogen-bond donors (Lipinski definition) is 0. The second-order valence-corrected chi connectivity index (χ2v) is 3.83. The van der Waals surface area contributed by atoms with Crippen LogP contribution in [0.2, 0.25) is 5.02 Å². The molecule has 0 radical (unpaired) electrons. The fourth-order valence-corrected chi connectivity index (χ4v) is 1.47. The van der Waals surface area contributed by atoms with E-state index in [1.165, 1.54) is 0 Å². The quantitative estimate of drug-likeness (QED) is 0.687. The molecule has 0 spiro atoms. The lowest BCUT2D eigenvalue weighted by molar-refractivity contribution is -0.123. The van der Waals surface area contributed by atoms with Gasteiger partial charge >= 0.3 is 0 Å². The molecule has 1 aromatic carbocycles. The van der Waals surface area contributed by atoms with E-state index in [2.05, 4.69) is 0 Å². The van der Waals surface area contributed by atoms with Crippen LogP contribution in [0.25, 0.3) is 0 Å². The van der Waals surface area contributed by atoms with E-state index in [1.807, 2.05) is 12.1 Å². The molecule has 0 saturated heterocycles. The Labute approximate surface area is 100 Å². The number of halogens is 1. The van der Waals surface area contributed by atoms with Crippen molar-refractivity contribution in [3.05, 3.63) is 34.9 Å². The zero-order valence-corrected chi connectivity index (χ0v) is 10.00. The molecule has 1 aromatic rings. The summed E-state index contributed by atoms with van der Waals surface area (Å²) in [6, 6.07) is 7.27. The van der Waals surface area contributed by atoms with Crippen LogP contribution in [0.15, 0.2) is 24.3 Å². The van der Waals surface area contributed by atoms with Crippen LogP contribution in [0.1, 0.15) is 5.56 Å². The smallest absolute Gasteiger partial charge is 0.162 e. The summed E-state index contributed by atoms with van der Waals surface area (Å²) in [5, 5.41) is 0.644. The van der Waals surface area contributed by atoms with E-state index >= 15 is 0 Å². The highest BCUT2D eigenvalue weighted by Gasteiger charge is 2.04. The minimum atomic E-state index is 0.0402. The molecule has 0 bridgehead atoms. The Balaban J connectivity index is 2.29. The summed E-state index contributed by atoms with van der Waals surface area (Å²) in [5.74, 6) is 0.0402. The number of carbonyl (C=O) groups excluding carboxylic acids is 1. The summed E-state index contributed by atoms with van der Waals surface area (Å²) in [6.07, 6.45) is 0.355. The van der Waals surface area contributed by atoms with E-state index < -0.39 is 0 Å². The molecule has 0 N–H and O–H groups in total. The van der Waals surface area contributed by atoms with Crippen molar-refractivity contribution in [2.75, 3.05) is 26.9 Å². The summed E-state index contributed by atoms with van der Waals surface area (Å²) in [5.41, 5.74) is 0.910. The lowest BCUT2D eigenvalue weighted by Crippen LogP contribution is -2.13. The lowest BCUT2D eigenvalue weighted by atomic mass is 10.1. The van der Waals surface area contributed by atoms with Crippen LogP contribution in [0.3, 0.4) is 0 Å². The Morgan fingerprint density at radius 1 is 1.38 bits per heavy atom. The van der Waals surface area contributed by atoms with Gasteiger partial charge in [0.25, 0.3) is 0 Å². The SMILES string of the molecule is COCCOCC(=O)Cc1cccc(Cl)c1. The zero-order chi connectivity index (χ0) is 11.8. The normalized spacial score (nSPS) is 10.4. The molecule has 16 heavy (non-hydrogen) atoms. The summed E-state index contributed by atoms with van der Waals surface area (Å²) < 4.78 is 9.93. The van der Waals surface area contributed by atoms with Crippen molar-refractivity contribution in [2.45, 2.75) is 6.42 Å². The van der Waals surface area contributed by atoms with E-state index in [4.69, 9.17) is 21.1 Å². The Morgan fingerprint density at radius 3 is 2.88 bits per heavy atom. The van der Waals surface area contributed by atoms with Crippen LogP contribution >= 0.6 is 11.6 Å². The molecule has 0 atom stereocenters. The Hall–Kier alpha value is -0.900. The molecular formula is C12H15ClO3. The van der Waals surface area contributed by atoms with Gasteiger partial charge in [-0.25, -0.2) is 0 Å². The van der Waals surface area contributed by atoms with Gasteiger partial charge in [0.2, 0.25) is 0 Å². The number of hydrogen-bond acceptors (Lipinski definition) is 3. The molecule has 0 heterocycles. The highest BCUT2D eigenvalue weighted by atomic mass is 35.5. The van der Waals surface area contributed by atoms with Gasteiger partial charge < -0.3 is 9.47 Å².